The summed E-state index contributed by atoms with van der Waals surface area (Å²) in [5.74, 6) is -0.186. The summed E-state index contributed by atoms with van der Waals surface area (Å²) in [6.45, 7) is 4.02. The second-order valence-electron chi connectivity index (χ2n) is 7.10. The Morgan fingerprint density at radius 1 is 1.20 bits per heavy atom. The van der Waals surface area contributed by atoms with Gasteiger partial charge in [-0.25, -0.2) is 8.42 Å². The number of nitrogens with zero attached hydrogens (tertiary/aromatic N) is 2. The number of anilines is 1. The van der Waals surface area contributed by atoms with E-state index in [-0.39, 0.29) is 42.7 Å². The van der Waals surface area contributed by atoms with Gasteiger partial charge < -0.3 is 5.32 Å². The van der Waals surface area contributed by atoms with E-state index in [9.17, 15) is 23.3 Å². The maximum absolute atomic E-state index is 12.3. The molecule has 0 fully saturated rings. The van der Waals surface area contributed by atoms with E-state index in [0.717, 1.165) is 22.5 Å². The van der Waals surface area contributed by atoms with Gasteiger partial charge in [-0.15, -0.1) is 0 Å². The Bertz CT molecular complexity index is 990. The summed E-state index contributed by atoms with van der Waals surface area (Å²) in [7, 11) is -3.65. The van der Waals surface area contributed by atoms with Gasteiger partial charge in [0.2, 0.25) is 15.9 Å². The number of benzene rings is 2. The first kappa shape index (κ1) is 23.3. The molecular weight excluding hydrogens is 406 g/mol. The molecule has 1 atom stereocenters. The Balaban J connectivity index is 1.97. The lowest BCUT2D eigenvalue weighted by Gasteiger charge is -2.22. The first-order valence-electron chi connectivity index (χ1n) is 9.72. The van der Waals surface area contributed by atoms with E-state index in [1.54, 1.807) is 0 Å². The largest absolute Gasteiger partial charge is 0.350 e. The molecular formula is C21H27N3O5S. The van der Waals surface area contributed by atoms with Gasteiger partial charge >= 0.3 is 0 Å². The third kappa shape index (κ3) is 6.55. The van der Waals surface area contributed by atoms with Crippen LogP contribution in [0.5, 0.6) is 0 Å². The highest BCUT2D eigenvalue weighted by atomic mass is 32.2. The van der Waals surface area contributed by atoms with E-state index in [1.165, 1.54) is 29.8 Å². The molecule has 162 valence electrons. The minimum atomic E-state index is -3.65. The van der Waals surface area contributed by atoms with Crippen molar-refractivity contribution in [3.8, 4) is 0 Å². The van der Waals surface area contributed by atoms with Gasteiger partial charge in [-0.1, -0.05) is 37.3 Å². The summed E-state index contributed by atoms with van der Waals surface area (Å²) in [6.07, 6.45) is 2.40. The zero-order chi connectivity index (χ0) is 22.3. The topological polar surface area (TPSA) is 110 Å². The highest BCUT2D eigenvalue weighted by molar-refractivity contribution is 7.92. The van der Waals surface area contributed by atoms with Crippen LogP contribution in [0, 0.1) is 10.1 Å². The van der Waals surface area contributed by atoms with Crippen molar-refractivity contribution >= 4 is 27.3 Å². The molecule has 0 aliphatic rings. The Kier molecular flexibility index (Phi) is 7.93. The summed E-state index contributed by atoms with van der Waals surface area (Å²) in [6, 6.07) is 13.3. The highest BCUT2D eigenvalue weighted by Crippen LogP contribution is 2.23. The van der Waals surface area contributed by atoms with Crippen LogP contribution in [0.25, 0.3) is 0 Å². The Labute approximate surface area is 177 Å². The molecule has 0 aliphatic carbocycles. The van der Waals surface area contributed by atoms with Gasteiger partial charge in [0.05, 0.1) is 22.9 Å². The van der Waals surface area contributed by atoms with Crippen molar-refractivity contribution in [2.45, 2.75) is 39.2 Å². The molecule has 30 heavy (non-hydrogen) atoms. The number of nitrogens with one attached hydrogen (secondary N) is 1. The normalized spacial score (nSPS) is 12.2. The third-order valence-corrected chi connectivity index (χ3v) is 5.95. The van der Waals surface area contributed by atoms with Crippen molar-refractivity contribution in [3.63, 3.8) is 0 Å². The van der Waals surface area contributed by atoms with Gasteiger partial charge in [0.15, 0.2) is 0 Å². The number of carbonyl (C=O) groups is 1. The Morgan fingerprint density at radius 3 is 2.43 bits per heavy atom. The molecule has 9 heteroatoms. The van der Waals surface area contributed by atoms with E-state index < -0.39 is 14.9 Å². The minimum Gasteiger partial charge on any atom is -0.350 e. The van der Waals surface area contributed by atoms with Crippen LogP contribution < -0.4 is 9.62 Å². The van der Waals surface area contributed by atoms with Crippen LogP contribution in [0.3, 0.4) is 0 Å². The first-order chi connectivity index (χ1) is 14.1. The van der Waals surface area contributed by atoms with Gasteiger partial charge in [-0.3, -0.25) is 19.2 Å². The fraction of sp³-hybridized carbons (Fsp3) is 0.381. The molecule has 2 aromatic rings. The Morgan fingerprint density at radius 2 is 1.87 bits per heavy atom. The van der Waals surface area contributed by atoms with Crippen LogP contribution >= 0.6 is 0 Å². The van der Waals surface area contributed by atoms with E-state index in [4.69, 9.17) is 0 Å². The number of hydrogen-bond acceptors (Lipinski definition) is 5. The van der Waals surface area contributed by atoms with E-state index in [2.05, 4.69) is 12.2 Å². The number of nitro benzene ring substituents is 1. The molecule has 0 unspecified atom stereocenters. The number of hydrogen-bond donors (Lipinski definition) is 1. The molecule has 0 radical (unpaired) electrons. The number of rotatable bonds is 10. The summed E-state index contributed by atoms with van der Waals surface area (Å²) in [5.41, 5.74) is 2.23. The second-order valence-corrected chi connectivity index (χ2v) is 9.01. The maximum Gasteiger partial charge on any atom is 0.271 e. The smallest absolute Gasteiger partial charge is 0.271 e. The fourth-order valence-electron chi connectivity index (χ4n) is 3.07. The maximum atomic E-state index is 12.3. The lowest BCUT2D eigenvalue weighted by Crippen LogP contribution is -2.32. The van der Waals surface area contributed by atoms with Crippen LogP contribution in [0.2, 0.25) is 0 Å². The number of amides is 1. The first-order valence-corrected chi connectivity index (χ1v) is 11.6. The summed E-state index contributed by atoms with van der Waals surface area (Å²) < 4.78 is 25.4. The number of carbonyl (C=O) groups excluding carboxylic acids is 1. The van der Waals surface area contributed by atoms with Crippen molar-refractivity contribution in [3.05, 3.63) is 69.8 Å². The summed E-state index contributed by atoms with van der Waals surface area (Å²) in [5, 5.41) is 13.9. The third-order valence-electron chi connectivity index (χ3n) is 4.76. The SMILES string of the molecule is CCc1ccc([C@H](C)NC(=O)CCCN(c2cccc([N+](=O)[O-])c2)S(C)(=O)=O)cc1. The van der Waals surface area contributed by atoms with Gasteiger partial charge in [-0.05, 0) is 37.0 Å². The molecule has 0 bridgehead atoms. The van der Waals surface area contributed by atoms with Crippen molar-refractivity contribution in [1.82, 2.24) is 5.32 Å². The molecule has 2 rings (SSSR count). The zero-order valence-corrected chi connectivity index (χ0v) is 18.2. The number of nitro groups is 1. The molecule has 1 N–H and O–H groups in total. The molecule has 2 aromatic carbocycles. The van der Waals surface area contributed by atoms with Crippen LogP contribution in [0.4, 0.5) is 11.4 Å². The zero-order valence-electron chi connectivity index (χ0n) is 17.4. The van der Waals surface area contributed by atoms with Crippen LogP contribution in [-0.2, 0) is 21.2 Å². The molecule has 0 saturated carbocycles. The van der Waals surface area contributed by atoms with Gasteiger partial charge in [0.1, 0.15) is 0 Å². The predicted octanol–water partition coefficient (Wildman–Crippen LogP) is 3.58. The molecule has 1 amide bonds. The average molecular weight is 434 g/mol. The molecule has 0 saturated heterocycles. The quantitative estimate of drug-likeness (QED) is 0.455. The predicted molar refractivity (Wildman–Crippen MR) is 117 cm³/mol. The van der Waals surface area contributed by atoms with E-state index >= 15 is 0 Å². The van der Waals surface area contributed by atoms with Crippen LogP contribution in [0.1, 0.15) is 43.9 Å². The molecule has 0 aliphatic heterocycles. The lowest BCUT2D eigenvalue weighted by atomic mass is 10.0. The van der Waals surface area contributed by atoms with E-state index in [1.807, 2.05) is 31.2 Å². The number of sulfonamides is 1. The van der Waals surface area contributed by atoms with Crippen LogP contribution in [-0.4, -0.2) is 32.0 Å². The summed E-state index contributed by atoms with van der Waals surface area (Å²) in [4.78, 5) is 22.7. The van der Waals surface area contributed by atoms with Crippen molar-refractivity contribution in [2.24, 2.45) is 0 Å². The van der Waals surface area contributed by atoms with Crippen molar-refractivity contribution < 1.29 is 18.1 Å². The lowest BCUT2D eigenvalue weighted by molar-refractivity contribution is -0.384. The molecule has 0 heterocycles. The molecule has 0 aromatic heterocycles. The molecule has 0 spiro atoms. The van der Waals surface area contributed by atoms with Gasteiger partial charge in [0.25, 0.3) is 5.69 Å². The highest BCUT2D eigenvalue weighted by Gasteiger charge is 2.20. The van der Waals surface area contributed by atoms with Crippen LogP contribution in [0.15, 0.2) is 48.5 Å². The molecule has 8 nitrogen and oxygen atoms in total. The second kappa shape index (κ2) is 10.2. The summed E-state index contributed by atoms with van der Waals surface area (Å²) >= 11 is 0. The van der Waals surface area contributed by atoms with E-state index in [0.29, 0.717) is 0 Å². The standard InChI is InChI=1S/C21H27N3O5S/c1-4-17-10-12-18(13-11-17)16(2)22-21(25)9-6-14-23(30(3,28)29)19-7-5-8-20(15-19)24(26)27/h5,7-8,10-13,15-16H,4,6,9,14H2,1-3H3,(H,22,25)/t16-/m0/s1. The van der Waals surface area contributed by atoms with Crippen molar-refractivity contribution in [1.29, 1.82) is 0 Å². The minimum absolute atomic E-state index is 0.0486. The Hall–Kier alpha value is -2.94. The van der Waals surface area contributed by atoms with Gasteiger partial charge in [-0.2, -0.15) is 0 Å². The van der Waals surface area contributed by atoms with Crippen molar-refractivity contribution in [2.75, 3.05) is 17.1 Å². The van der Waals surface area contributed by atoms with Gasteiger partial charge in [0, 0.05) is 25.1 Å². The number of non-ortho nitro benzene ring substituents is 1. The monoisotopic (exact) mass is 433 g/mol. The fourth-order valence-corrected chi connectivity index (χ4v) is 4.03. The number of aryl methyl sites for hydroxylation is 1. The average Bonchev–Trinajstić information content (AvgIpc) is 2.70.